The van der Waals surface area contributed by atoms with Crippen molar-refractivity contribution in [2.45, 2.75) is 10.1 Å². The quantitative estimate of drug-likeness (QED) is 0.388. The Morgan fingerprint density at radius 3 is 2.56 bits per heavy atom. The Balaban J connectivity index is 1.76. The number of nitrogens with one attached hydrogen (secondary N) is 2. The molecule has 2 aromatic carbocycles. The van der Waals surface area contributed by atoms with E-state index in [4.69, 9.17) is 4.42 Å². The van der Waals surface area contributed by atoms with Gasteiger partial charge in [-0.25, -0.2) is 4.79 Å². The average Bonchev–Trinajstić information content (AvgIpc) is 3.13. The lowest BCUT2D eigenvalue weighted by Crippen LogP contribution is -2.24. The van der Waals surface area contributed by atoms with Crippen LogP contribution < -0.4 is 10.6 Å². The highest BCUT2D eigenvalue weighted by Gasteiger charge is 2.15. The van der Waals surface area contributed by atoms with Crippen LogP contribution in [0.5, 0.6) is 11.5 Å². The van der Waals surface area contributed by atoms with Gasteiger partial charge in [0, 0.05) is 18.3 Å². The average molecular weight is 386 g/mol. The second kappa shape index (κ2) is 7.79. The first-order valence-corrected chi connectivity index (χ1v) is 8.43. The van der Waals surface area contributed by atoms with Crippen LogP contribution in [0.25, 0.3) is 11.5 Å². The van der Waals surface area contributed by atoms with E-state index in [2.05, 4.69) is 20.8 Å². The predicted molar refractivity (Wildman–Crippen MR) is 97.1 cm³/mol. The molecule has 4 N–H and O–H groups in total. The molecule has 0 saturated carbocycles. The molecule has 0 saturated heterocycles. The van der Waals surface area contributed by atoms with Crippen LogP contribution in [0.1, 0.15) is 10.4 Å². The molecular formula is C17H14N4O5S. The van der Waals surface area contributed by atoms with E-state index in [1.54, 1.807) is 24.3 Å². The number of amides is 2. The van der Waals surface area contributed by atoms with Crippen molar-refractivity contribution >= 4 is 29.8 Å². The molecular weight excluding hydrogens is 372 g/mol. The zero-order valence-electron chi connectivity index (χ0n) is 14.0. The van der Waals surface area contributed by atoms with Gasteiger partial charge in [0.2, 0.25) is 5.89 Å². The van der Waals surface area contributed by atoms with Gasteiger partial charge in [0.15, 0.2) is 6.29 Å². The van der Waals surface area contributed by atoms with E-state index in [0.717, 1.165) is 17.8 Å². The van der Waals surface area contributed by atoms with Crippen LogP contribution in [-0.4, -0.2) is 39.8 Å². The van der Waals surface area contributed by atoms with Gasteiger partial charge in [-0.1, -0.05) is 0 Å². The number of hydrogen-bond donors (Lipinski definition) is 4. The molecule has 2 amide bonds. The van der Waals surface area contributed by atoms with Gasteiger partial charge in [0.25, 0.3) is 5.22 Å². The van der Waals surface area contributed by atoms with Crippen molar-refractivity contribution in [2.24, 2.45) is 0 Å². The predicted octanol–water partition coefficient (Wildman–Crippen LogP) is 2.86. The van der Waals surface area contributed by atoms with Gasteiger partial charge in [0.05, 0.1) is 10.5 Å². The Hall–Kier alpha value is -3.53. The van der Waals surface area contributed by atoms with Crippen LogP contribution in [0.3, 0.4) is 0 Å². The van der Waals surface area contributed by atoms with Crippen molar-refractivity contribution in [3.8, 4) is 23.0 Å². The molecule has 3 rings (SSSR count). The van der Waals surface area contributed by atoms with E-state index < -0.39 is 0 Å². The minimum atomic E-state index is -0.331. The van der Waals surface area contributed by atoms with Crippen LogP contribution in [0.4, 0.5) is 10.5 Å². The summed E-state index contributed by atoms with van der Waals surface area (Å²) < 4.78 is 5.55. The number of hydrogen-bond acceptors (Lipinski definition) is 8. The smallest absolute Gasteiger partial charge is 0.318 e. The molecule has 0 aliphatic rings. The number of aromatic nitrogens is 2. The molecule has 0 aliphatic carbocycles. The summed E-state index contributed by atoms with van der Waals surface area (Å²) >= 11 is 0.946. The molecule has 0 bridgehead atoms. The summed E-state index contributed by atoms with van der Waals surface area (Å²) in [7, 11) is 1.52. The number of benzene rings is 2. The fourth-order valence-electron chi connectivity index (χ4n) is 2.10. The number of phenolic OH excluding ortho intramolecular Hbond substituents is 2. The number of rotatable bonds is 5. The highest BCUT2D eigenvalue weighted by atomic mass is 32.2. The zero-order chi connectivity index (χ0) is 19.4. The molecule has 10 heteroatoms. The SMILES string of the molecule is CNC(=O)Nc1ccc(-c2nnc(Sc3cc(O)c(C=O)cc3O)o2)cc1. The summed E-state index contributed by atoms with van der Waals surface area (Å²) in [5.41, 5.74) is 1.22. The van der Waals surface area contributed by atoms with Crippen molar-refractivity contribution in [3.05, 3.63) is 42.0 Å². The number of aldehydes is 1. The lowest BCUT2D eigenvalue weighted by Gasteiger charge is -2.04. The second-order valence-corrected chi connectivity index (χ2v) is 6.25. The molecule has 1 heterocycles. The fraction of sp³-hybridized carbons (Fsp3) is 0.0588. The number of urea groups is 1. The molecule has 138 valence electrons. The van der Waals surface area contributed by atoms with E-state index >= 15 is 0 Å². The standard InChI is InChI=1S/C17H14N4O5S/c1-18-16(25)19-11-4-2-9(3-5-11)15-20-21-17(26-15)27-14-7-12(23)10(8-22)6-13(14)24/h2-8,23-24H,1H3,(H2,18,19,25). The highest BCUT2D eigenvalue weighted by Crippen LogP contribution is 2.38. The summed E-state index contributed by atoms with van der Waals surface area (Å²) in [5, 5.41) is 32.7. The number of carbonyl (C=O) groups is 2. The summed E-state index contributed by atoms with van der Waals surface area (Å²) in [5.74, 6) is -0.203. The Labute approximate surface area is 157 Å². The monoisotopic (exact) mass is 386 g/mol. The lowest BCUT2D eigenvalue weighted by molar-refractivity contribution is 0.112. The topological polar surface area (TPSA) is 138 Å². The molecule has 1 aromatic heterocycles. The fourth-order valence-corrected chi connectivity index (χ4v) is 2.83. The molecule has 0 fully saturated rings. The molecule has 0 atom stereocenters. The molecule has 27 heavy (non-hydrogen) atoms. The molecule has 0 unspecified atom stereocenters. The van der Waals surface area contributed by atoms with Crippen LogP contribution in [-0.2, 0) is 0 Å². The van der Waals surface area contributed by atoms with E-state index in [-0.39, 0.29) is 39.1 Å². The maximum absolute atomic E-state index is 11.3. The van der Waals surface area contributed by atoms with Gasteiger partial charge in [-0.15, -0.1) is 10.2 Å². The molecule has 3 aromatic rings. The van der Waals surface area contributed by atoms with E-state index in [1.165, 1.54) is 13.1 Å². The summed E-state index contributed by atoms with van der Waals surface area (Å²) in [6, 6.07) is 8.84. The number of phenols is 2. The van der Waals surface area contributed by atoms with Gasteiger partial charge in [-0.3, -0.25) is 4.79 Å². The third-order valence-corrected chi connectivity index (χ3v) is 4.34. The lowest BCUT2D eigenvalue weighted by atomic mass is 10.2. The first-order valence-electron chi connectivity index (χ1n) is 7.62. The zero-order valence-corrected chi connectivity index (χ0v) is 14.8. The third kappa shape index (κ3) is 4.18. The van der Waals surface area contributed by atoms with Gasteiger partial charge in [0.1, 0.15) is 11.5 Å². The van der Waals surface area contributed by atoms with Gasteiger partial charge in [-0.05, 0) is 48.2 Å². The largest absolute Gasteiger partial charge is 0.507 e. The van der Waals surface area contributed by atoms with Crippen molar-refractivity contribution in [1.82, 2.24) is 15.5 Å². The highest BCUT2D eigenvalue weighted by molar-refractivity contribution is 7.99. The Bertz CT molecular complexity index is 987. The number of anilines is 1. The summed E-state index contributed by atoms with van der Waals surface area (Å²) in [6.07, 6.45) is 0.441. The number of carbonyl (C=O) groups excluding carboxylic acids is 2. The summed E-state index contributed by atoms with van der Waals surface area (Å²) in [4.78, 5) is 22.3. The maximum Gasteiger partial charge on any atom is 0.318 e. The number of nitrogens with zero attached hydrogens (tertiary/aromatic N) is 2. The van der Waals surface area contributed by atoms with Crippen molar-refractivity contribution in [2.75, 3.05) is 12.4 Å². The van der Waals surface area contributed by atoms with Crippen molar-refractivity contribution in [3.63, 3.8) is 0 Å². The van der Waals surface area contributed by atoms with Crippen molar-refractivity contribution in [1.29, 1.82) is 0 Å². The Morgan fingerprint density at radius 1 is 1.15 bits per heavy atom. The van der Waals surface area contributed by atoms with Crippen molar-refractivity contribution < 1.29 is 24.2 Å². The van der Waals surface area contributed by atoms with Crippen LogP contribution >= 0.6 is 11.8 Å². The maximum atomic E-state index is 11.3. The van der Waals surface area contributed by atoms with Gasteiger partial charge >= 0.3 is 6.03 Å². The molecule has 0 spiro atoms. The molecule has 9 nitrogen and oxygen atoms in total. The Kier molecular flexibility index (Phi) is 5.27. The van der Waals surface area contributed by atoms with E-state index in [9.17, 15) is 19.8 Å². The van der Waals surface area contributed by atoms with Crippen LogP contribution in [0.15, 0.2) is 50.9 Å². The van der Waals surface area contributed by atoms with Gasteiger partial charge in [-0.2, -0.15) is 0 Å². The van der Waals surface area contributed by atoms with Crippen LogP contribution in [0, 0.1) is 0 Å². The Morgan fingerprint density at radius 2 is 1.89 bits per heavy atom. The van der Waals surface area contributed by atoms with Gasteiger partial charge < -0.3 is 25.3 Å². The number of aromatic hydroxyl groups is 2. The van der Waals surface area contributed by atoms with Crippen LogP contribution in [0.2, 0.25) is 0 Å². The first-order chi connectivity index (χ1) is 13.0. The van der Waals surface area contributed by atoms with E-state index in [1.807, 2.05) is 0 Å². The normalized spacial score (nSPS) is 10.4. The minimum absolute atomic E-state index is 0.0199. The summed E-state index contributed by atoms with van der Waals surface area (Å²) in [6.45, 7) is 0. The molecule has 0 radical (unpaired) electrons. The third-order valence-electron chi connectivity index (χ3n) is 3.46. The minimum Gasteiger partial charge on any atom is -0.507 e. The molecule has 0 aliphatic heterocycles. The van der Waals surface area contributed by atoms with E-state index in [0.29, 0.717) is 17.5 Å². The first kappa shape index (κ1) is 18.3. The second-order valence-electron chi connectivity index (χ2n) is 5.25.